The quantitative estimate of drug-likeness (QED) is 0.0578. The molecule has 0 N–H and O–H groups in total. The van der Waals surface area contributed by atoms with E-state index in [0.717, 1.165) is 64.2 Å². The predicted octanol–water partition coefficient (Wildman–Crippen LogP) is 7.08. The zero-order valence-corrected chi connectivity index (χ0v) is 23.0. The minimum atomic E-state index is -3.60. The molecule has 0 atom stereocenters. The molecule has 0 spiro atoms. The van der Waals surface area contributed by atoms with Crippen LogP contribution >= 0.6 is 7.82 Å². The molecule has 0 aliphatic carbocycles. The highest BCUT2D eigenvalue weighted by Gasteiger charge is 2.26. The fraction of sp³-hybridized carbons (Fsp3) is 0.769. The number of hydrogen-bond acceptors (Lipinski definition) is 8. The lowest BCUT2D eigenvalue weighted by molar-refractivity contribution is -0.139. The van der Waals surface area contributed by atoms with Crippen LogP contribution in [0.4, 0.5) is 0 Å². The van der Waals surface area contributed by atoms with E-state index in [1.54, 1.807) is 13.8 Å². The first-order chi connectivity index (χ1) is 16.7. The van der Waals surface area contributed by atoms with Gasteiger partial charge in [-0.2, -0.15) is 0 Å². The van der Waals surface area contributed by atoms with Crippen LogP contribution < -0.4 is 0 Å². The molecule has 9 heteroatoms. The van der Waals surface area contributed by atoms with Crippen LogP contribution in [0.2, 0.25) is 0 Å². The summed E-state index contributed by atoms with van der Waals surface area (Å²) in [5.74, 6) is -0.734. The molecule has 204 valence electrons. The molecule has 0 radical (unpaired) electrons. The van der Waals surface area contributed by atoms with Crippen molar-refractivity contribution in [2.24, 2.45) is 0 Å². The van der Waals surface area contributed by atoms with Crippen LogP contribution in [0.25, 0.3) is 0 Å². The van der Waals surface area contributed by atoms with Gasteiger partial charge in [0.15, 0.2) is 0 Å². The van der Waals surface area contributed by atoms with Crippen molar-refractivity contribution in [1.82, 2.24) is 0 Å². The number of rotatable bonds is 24. The van der Waals surface area contributed by atoms with Gasteiger partial charge >= 0.3 is 19.8 Å². The largest absolute Gasteiger partial charge is 0.474 e. The van der Waals surface area contributed by atoms with E-state index >= 15 is 0 Å². The third-order valence-corrected chi connectivity index (χ3v) is 6.48. The van der Waals surface area contributed by atoms with E-state index < -0.39 is 7.82 Å². The van der Waals surface area contributed by atoms with Crippen molar-refractivity contribution in [2.75, 3.05) is 33.0 Å². The second kappa shape index (κ2) is 21.8. The van der Waals surface area contributed by atoms with Crippen molar-refractivity contribution in [3.05, 3.63) is 24.3 Å². The van der Waals surface area contributed by atoms with Crippen molar-refractivity contribution < 1.29 is 37.2 Å². The van der Waals surface area contributed by atoms with Crippen molar-refractivity contribution >= 4 is 19.8 Å². The summed E-state index contributed by atoms with van der Waals surface area (Å²) in [6.45, 7) is 14.1. The standard InChI is InChI=1S/C26H47O8P/c1-6-7-8-15-20-32-35(29,33-21-16-11-9-13-18-30-25(27)23(2)3)34-22-17-12-10-14-19-31-26(28)24(4)5/h2,4,6-22H2,1,3,5H3. The summed E-state index contributed by atoms with van der Waals surface area (Å²) in [4.78, 5) is 22.7. The minimum absolute atomic E-state index is 0.284. The monoisotopic (exact) mass is 518 g/mol. The van der Waals surface area contributed by atoms with Gasteiger partial charge in [0, 0.05) is 11.1 Å². The Morgan fingerprint density at radius 2 is 0.886 bits per heavy atom. The van der Waals surface area contributed by atoms with Gasteiger partial charge in [0.2, 0.25) is 0 Å². The van der Waals surface area contributed by atoms with Crippen LogP contribution in [-0.4, -0.2) is 45.0 Å². The molecule has 0 bridgehead atoms. The second-order valence-corrected chi connectivity index (χ2v) is 10.3. The molecule has 0 rings (SSSR count). The summed E-state index contributed by atoms with van der Waals surface area (Å²) >= 11 is 0. The molecular formula is C26H47O8P. The maximum atomic E-state index is 13.0. The normalized spacial score (nSPS) is 11.3. The van der Waals surface area contributed by atoms with Crippen molar-refractivity contribution in [3.63, 3.8) is 0 Å². The number of phosphoric ester groups is 1. The van der Waals surface area contributed by atoms with Gasteiger partial charge in [-0.1, -0.05) is 52.2 Å². The zero-order valence-electron chi connectivity index (χ0n) is 22.1. The minimum Gasteiger partial charge on any atom is -0.462 e. The SMILES string of the molecule is C=C(C)C(=O)OCCCCCCOP(=O)(OCCCCCC)OCCCCCCOC(=O)C(=C)C. The summed E-state index contributed by atoms with van der Waals surface area (Å²) in [7, 11) is -3.60. The van der Waals surface area contributed by atoms with E-state index in [9.17, 15) is 14.2 Å². The maximum Gasteiger partial charge on any atom is 0.474 e. The van der Waals surface area contributed by atoms with Crippen molar-refractivity contribution in [2.45, 2.75) is 97.8 Å². The molecule has 0 aromatic carbocycles. The second-order valence-electron chi connectivity index (χ2n) is 8.67. The van der Waals surface area contributed by atoms with Gasteiger partial charge in [0.25, 0.3) is 0 Å². The van der Waals surface area contributed by atoms with Gasteiger partial charge < -0.3 is 9.47 Å². The van der Waals surface area contributed by atoms with E-state index in [0.29, 0.717) is 43.8 Å². The number of phosphoric acid groups is 1. The highest BCUT2D eigenvalue weighted by molar-refractivity contribution is 7.48. The molecule has 0 saturated carbocycles. The molecule has 0 amide bonds. The average molecular weight is 519 g/mol. The number of hydrogen-bond donors (Lipinski definition) is 0. The summed E-state index contributed by atoms with van der Waals surface area (Å²) in [5, 5.41) is 0. The maximum absolute atomic E-state index is 13.0. The van der Waals surface area contributed by atoms with E-state index in [-0.39, 0.29) is 25.2 Å². The Morgan fingerprint density at radius 1 is 0.571 bits per heavy atom. The molecule has 8 nitrogen and oxygen atoms in total. The van der Waals surface area contributed by atoms with Gasteiger partial charge in [0.05, 0.1) is 33.0 Å². The fourth-order valence-electron chi connectivity index (χ4n) is 2.86. The van der Waals surface area contributed by atoms with Crippen LogP contribution in [0.15, 0.2) is 24.3 Å². The number of carbonyl (C=O) groups excluding carboxylic acids is 2. The first-order valence-corrected chi connectivity index (χ1v) is 14.4. The third-order valence-electron chi connectivity index (χ3n) is 4.99. The lowest BCUT2D eigenvalue weighted by atomic mass is 10.2. The van der Waals surface area contributed by atoms with Crippen molar-refractivity contribution in [1.29, 1.82) is 0 Å². The number of esters is 2. The molecule has 0 aromatic heterocycles. The van der Waals surface area contributed by atoms with E-state index in [4.69, 9.17) is 23.0 Å². The Balaban J connectivity index is 4.13. The van der Waals surface area contributed by atoms with E-state index in [1.165, 1.54) is 0 Å². The Bertz CT molecular complexity index is 616. The molecule has 0 aromatic rings. The van der Waals surface area contributed by atoms with Gasteiger partial charge in [-0.15, -0.1) is 0 Å². The Kier molecular flexibility index (Phi) is 20.9. The molecule has 0 saturated heterocycles. The third kappa shape index (κ3) is 20.4. The number of carbonyl (C=O) groups is 2. The predicted molar refractivity (Wildman–Crippen MR) is 138 cm³/mol. The van der Waals surface area contributed by atoms with E-state index in [1.807, 2.05) is 0 Å². The van der Waals surface area contributed by atoms with Gasteiger partial charge in [-0.05, 0) is 58.8 Å². The molecule has 0 fully saturated rings. The highest BCUT2D eigenvalue weighted by atomic mass is 31.2. The summed E-state index contributed by atoms with van der Waals surface area (Å²) < 4.78 is 39.8. The van der Waals surface area contributed by atoms with Gasteiger partial charge in [-0.3, -0.25) is 13.6 Å². The van der Waals surface area contributed by atoms with Crippen LogP contribution in [0, 0.1) is 0 Å². The Labute approximate surface area is 212 Å². The topological polar surface area (TPSA) is 97.4 Å². The number of ether oxygens (including phenoxy) is 2. The highest BCUT2D eigenvalue weighted by Crippen LogP contribution is 2.50. The number of unbranched alkanes of at least 4 members (excludes halogenated alkanes) is 9. The van der Waals surface area contributed by atoms with E-state index in [2.05, 4.69) is 20.1 Å². The summed E-state index contributed by atoms with van der Waals surface area (Å²) in [5.41, 5.74) is 0.792. The Hall–Kier alpha value is -1.47. The van der Waals surface area contributed by atoms with Crippen LogP contribution in [0.5, 0.6) is 0 Å². The zero-order chi connectivity index (χ0) is 26.4. The Morgan fingerprint density at radius 3 is 1.20 bits per heavy atom. The smallest absolute Gasteiger partial charge is 0.462 e. The molecule has 35 heavy (non-hydrogen) atoms. The fourth-order valence-corrected chi connectivity index (χ4v) is 4.14. The molecule has 0 heterocycles. The lowest BCUT2D eigenvalue weighted by Gasteiger charge is -2.18. The molecule has 0 aliphatic heterocycles. The average Bonchev–Trinajstić information content (AvgIpc) is 2.81. The van der Waals surface area contributed by atoms with Crippen molar-refractivity contribution in [3.8, 4) is 0 Å². The lowest BCUT2D eigenvalue weighted by Crippen LogP contribution is -2.06. The molecule has 0 aliphatic rings. The summed E-state index contributed by atoms with van der Waals surface area (Å²) in [6, 6.07) is 0. The van der Waals surface area contributed by atoms with Crippen LogP contribution in [0.1, 0.15) is 97.8 Å². The summed E-state index contributed by atoms with van der Waals surface area (Å²) in [6.07, 6.45) is 10.5. The van der Waals surface area contributed by atoms with Gasteiger partial charge in [0.1, 0.15) is 0 Å². The van der Waals surface area contributed by atoms with Crippen LogP contribution in [0.3, 0.4) is 0 Å². The first-order valence-electron chi connectivity index (χ1n) is 12.9. The van der Waals surface area contributed by atoms with Gasteiger partial charge in [-0.25, -0.2) is 14.2 Å². The molecular weight excluding hydrogens is 471 g/mol. The first kappa shape index (κ1) is 33.5. The van der Waals surface area contributed by atoms with Crippen LogP contribution in [-0.2, 0) is 37.2 Å². The molecule has 0 unspecified atom stereocenters.